The molecule has 0 aliphatic carbocycles. The molecule has 10 nitrogen and oxygen atoms in total. The number of benzene rings is 3. The van der Waals surface area contributed by atoms with Crippen LogP contribution in [0.3, 0.4) is 0 Å². The number of aromatic amines is 1. The van der Waals surface area contributed by atoms with Crippen LogP contribution in [-0.2, 0) is 34.9 Å². The average molecular weight is 762 g/mol. The molecule has 4 N–H and O–H groups in total. The number of halogens is 2. The molecule has 1 aliphatic rings. The van der Waals surface area contributed by atoms with Crippen molar-refractivity contribution in [2.24, 2.45) is 18.4 Å². The second-order valence-corrected chi connectivity index (χ2v) is 16.4. The number of aliphatic hydroxyl groups excluding tert-OH is 2. The molecule has 3 aromatic carbocycles. The SMILES string of the molecule is CC(Cc1cccc(C2(C)CCCC(C)(C)CSCCc3c(c(F)cc4[nH]ccc34)Oc3ccc(F)c(c3)-c3nc2nn3C)c1)C(=O)NOCC(O)CO. The zero-order valence-electron chi connectivity index (χ0n) is 31.4. The van der Waals surface area contributed by atoms with E-state index in [-0.39, 0.29) is 35.0 Å². The highest BCUT2D eigenvalue weighted by molar-refractivity contribution is 7.99. The Labute approximate surface area is 318 Å². The molecule has 288 valence electrons. The lowest BCUT2D eigenvalue weighted by Gasteiger charge is -2.31. The number of carbonyl (C=O) groups excluding carboxylic acids is 1. The summed E-state index contributed by atoms with van der Waals surface area (Å²) in [6, 6.07) is 15.8. The Kier molecular flexibility index (Phi) is 12.1. The quantitative estimate of drug-likeness (QED) is 0.120. The van der Waals surface area contributed by atoms with Crippen molar-refractivity contribution in [2.45, 2.75) is 71.3 Å². The van der Waals surface area contributed by atoms with Crippen LogP contribution in [0.25, 0.3) is 22.3 Å². The summed E-state index contributed by atoms with van der Waals surface area (Å²) in [6.45, 7) is 7.75. The van der Waals surface area contributed by atoms with Gasteiger partial charge in [0.05, 0.1) is 17.6 Å². The van der Waals surface area contributed by atoms with Crippen molar-refractivity contribution in [1.29, 1.82) is 0 Å². The van der Waals surface area contributed by atoms with E-state index in [9.17, 15) is 9.90 Å². The molecule has 5 aromatic rings. The van der Waals surface area contributed by atoms with Gasteiger partial charge in [0.25, 0.3) is 0 Å². The van der Waals surface area contributed by atoms with Gasteiger partial charge in [-0.05, 0) is 84.9 Å². The van der Waals surface area contributed by atoms with Crippen LogP contribution in [0.1, 0.15) is 69.5 Å². The first-order valence-electron chi connectivity index (χ1n) is 18.3. The molecule has 13 heteroatoms. The van der Waals surface area contributed by atoms with E-state index < -0.39 is 35.7 Å². The smallest absolute Gasteiger partial charge is 0.246 e. The van der Waals surface area contributed by atoms with E-state index in [2.05, 4.69) is 37.3 Å². The Morgan fingerprint density at radius 1 is 1.13 bits per heavy atom. The normalized spacial score (nSPS) is 18.9. The molecule has 3 heterocycles. The van der Waals surface area contributed by atoms with Crippen LogP contribution >= 0.6 is 11.8 Å². The topological polar surface area (TPSA) is 135 Å². The Hall–Kier alpha value is -4.30. The van der Waals surface area contributed by atoms with E-state index in [1.165, 1.54) is 18.2 Å². The second-order valence-electron chi connectivity index (χ2n) is 15.3. The van der Waals surface area contributed by atoms with Crippen LogP contribution in [0.5, 0.6) is 11.5 Å². The molecule has 3 atom stereocenters. The van der Waals surface area contributed by atoms with E-state index in [1.54, 1.807) is 30.9 Å². The maximum absolute atomic E-state index is 15.7. The summed E-state index contributed by atoms with van der Waals surface area (Å²) in [4.78, 5) is 25.9. The lowest BCUT2D eigenvalue weighted by atomic mass is 9.75. The average Bonchev–Trinajstić information content (AvgIpc) is 3.77. The van der Waals surface area contributed by atoms with Crippen molar-refractivity contribution in [3.8, 4) is 22.9 Å². The van der Waals surface area contributed by atoms with E-state index >= 15 is 8.78 Å². The third-order valence-electron chi connectivity index (χ3n) is 10.3. The van der Waals surface area contributed by atoms with Crippen LogP contribution in [0.4, 0.5) is 8.78 Å². The number of hydrogen-bond donors (Lipinski definition) is 4. The molecule has 0 fully saturated rings. The Morgan fingerprint density at radius 2 is 1.94 bits per heavy atom. The molecule has 4 bridgehead atoms. The van der Waals surface area contributed by atoms with E-state index in [0.717, 1.165) is 52.8 Å². The summed E-state index contributed by atoms with van der Waals surface area (Å²) >= 11 is 1.84. The van der Waals surface area contributed by atoms with Gasteiger partial charge < -0.3 is 19.9 Å². The predicted octanol–water partition coefficient (Wildman–Crippen LogP) is 7.41. The van der Waals surface area contributed by atoms with E-state index in [4.69, 9.17) is 24.8 Å². The summed E-state index contributed by atoms with van der Waals surface area (Å²) in [6.07, 6.45) is 4.25. The standard InChI is InChI=1S/C41H49F2N5O5S/c1-25(38(51)47-52-23-28(50)22-49)18-26-8-6-9-27(19-26)41(4)15-7-14-40(2,3)24-54-17-13-31-30-12-16-44-35(30)21-34(43)36(31)53-29-10-11-33(42)32(20-29)37-45-39(41)46-48(37)5/h6,8-12,16,19-21,25,28,44,49-50H,7,13-15,17-18,22-24H2,1-5H3,(H,47,51). The summed E-state index contributed by atoms with van der Waals surface area (Å²) in [7, 11) is 1.73. The van der Waals surface area contributed by atoms with Gasteiger partial charge in [0.1, 0.15) is 24.3 Å². The summed E-state index contributed by atoms with van der Waals surface area (Å²) in [5.41, 5.74) is 5.23. The van der Waals surface area contributed by atoms with Crippen LogP contribution in [-0.4, -0.2) is 66.7 Å². The monoisotopic (exact) mass is 761 g/mol. The third-order valence-corrected chi connectivity index (χ3v) is 11.7. The first-order chi connectivity index (χ1) is 25.8. The highest BCUT2D eigenvalue weighted by atomic mass is 32.2. The number of hydroxylamine groups is 1. The summed E-state index contributed by atoms with van der Waals surface area (Å²) < 4.78 is 39.2. The highest BCUT2D eigenvalue weighted by Crippen LogP contribution is 2.41. The van der Waals surface area contributed by atoms with Gasteiger partial charge in [-0.1, -0.05) is 51.5 Å². The molecule has 0 saturated heterocycles. The summed E-state index contributed by atoms with van der Waals surface area (Å²) in [5, 5.41) is 24.3. The minimum atomic E-state index is -1.09. The van der Waals surface area contributed by atoms with Crippen molar-refractivity contribution in [3.63, 3.8) is 0 Å². The number of nitrogens with one attached hydrogen (secondary N) is 2. The fourth-order valence-corrected chi connectivity index (χ4v) is 8.23. The van der Waals surface area contributed by atoms with Crippen LogP contribution in [0.15, 0.2) is 60.8 Å². The number of hydrogen-bond acceptors (Lipinski definition) is 8. The molecule has 3 unspecified atom stereocenters. The largest absolute Gasteiger partial charge is 0.454 e. The number of carbonyl (C=O) groups is 1. The fourth-order valence-electron chi connectivity index (χ4n) is 7.04. The van der Waals surface area contributed by atoms with Crippen molar-refractivity contribution >= 4 is 28.6 Å². The van der Waals surface area contributed by atoms with Crippen molar-refractivity contribution < 1.29 is 33.4 Å². The lowest BCUT2D eigenvalue weighted by Crippen LogP contribution is -2.34. The van der Waals surface area contributed by atoms with Crippen molar-refractivity contribution in [1.82, 2.24) is 25.2 Å². The Morgan fingerprint density at radius 3 is 2.74 bits per heavy atom. The van der Waals surface area contributed by atoms with Gasteiger partial charge in [0, 0.05) is 41.7 Å². The van der Waals surface area contributed by atoms with Gasteiger partial charge in [0.2, 0.25) is 5.91 Å². The lowest BCUT2D eigenvalue weighted by molar-refractivity contribution is -0.140. The van der Waals surface area contributed by atoms with Gasteiger partial charge >= 0.3 is 0 Å². The second kappa shape index (κ2) is 16.6. The van der Waals surface area contributed by atoms with Crippen LogP contribution < -0.4 is 10.2 Å². The van der Waals surface area contributed by atoms with Gasteiger partial charge in [-0.15, -0.1) is 0 Å². The van der Waals surface area contributed by atoms with Crippen molar-refractivity contribution in [2.75, 3.05) is 24.7 Å². The van der Waals surface area contributed by atoms with E-state index in [1.807, 2.05) is 36.0 Å². The molecule has 0 radical (unpaired) electrons. The molecule has 1 aliphatic heterocycles. The third kappa shape index (κ3) is 8.80. The fraction of sp³-hybridized carbons (Fsp3) is 0.439. The number of fused-ring (bicyclic) bond motifs is 8. The number of aryl methyl sites for hydroxylation is 2. The predicted molar refractivity (Wildman–Crippen MR) is 206 cm³/mol. The van der Waals surface area contributed by atoms with Crippen LogP contribution in [0.2, 0.25) is 0 Å². The zero-order chi connectivity index (χ0) is 38.6. The number of H-pyrrole nitrogens is 1. The number of rotatable bonds is 8. The first-order valence-corrected chi connectivity index (χ1v) is 19.5. The van der Waals surface area contributed by atoms with Crippen LogP contribution in [0, 0.1) is 23.0 Å². The van der Waals surface area contributed by atoms with E-state index in [0.29, 0.717) is 30.0 Å². The molecule has 2 aromatic heterocycles. The molecular formula is C41H49F2N5O5S. The maximum atomic E-state index is 15.7. The molecule has 6 rings (SSSR count). The summed E-state index contributed by atoms with van der Waals surface area (Å²) in [5.74, 6) is 1.14. The van der Waals surface area contributed by atoms with Gasteiger partial charge in [0.15, 0.2) is 23.2 Å². The number of nitrogens with zero attached hydrogens (tertiary/aromatic N) is 3. The molecule has 1 amide bonds. The van der Waals surface area contributed by atoms with Gasteiger partial charge in [-0.25, -0.2) is 23.9 Å². The highest BCUT2D eigenvalue weighted by Gasteiger charge is 2.35. The van der Waals surface area contributed by atoms with Gasteiger partial charge in [-0.3, -0.25) is 9.63 Å². The minimum Gasteiger partial charge on any atom is -0.454 e. The number of aromatic nitrogens is 4. The van der Waals surface area contributed by atoms with Gasteiger partial charge in [-0.2, -0.15) is 16.9 Å². The zero-order valence-corrected chi connectivity index (χ0v) is 32.2. The molecule has 0 spiro atoms. The number of aliphatic hydroxyl groups is 2. The minimum absolute atomic E-state index is 0.00486. The molecule has 54 heavy (non-hydrogen) atoms. The molecule has 0 saturated carbocycles. The molecular weight excluding hydrogens is 713 g/mol. The van der Waals surface area contributed by atoms with Crippen molar-refractivity contribution in [3.05, 3.63) is 94.9 Å². The first kappa shape index (κ1) is 39.4. The number of ether oxygens (including phenoxy) is 1. The Balaban J connectivity index is 1.36. The number of thioether (sulfide) groups is 1. The maximum Gasteiger partial charge on any atom is 0.246 e. The Bertz CT molecular complexity index is 2100. The number of amides is 1.